The molecule has 4 nitrogen and oxygen atoms in total. The first kappa shape index (κ1) is 21.7. The highest BCUT2D eigenvalue weighted by Crippen LogP contribution is 2.34. The molecule has 31 heavy (non-hydrogen) atoms. The molecule has 1 heterocycles. The van der Waals surface area contributed by atoms with Crippen LogP contribution in [0.5, 0.6) is 0 Å². The minimum atomic E-state index is -1.21. The lowest BCUT2D eigenvalue weighted by molar-refractivity contribution is -0.265. The number of hydrogen-bond acceptors (Lipinski definition) is 4. The van der Waals surface area contributed by atoms with E-state index in [1.54, 1.807) is 0 Å². The van der Waals surface area contributed by atoms with E-state index in [9.17, 15) is 5.11 Å². The van der Waals surface area contributed by atoms with Gasteiger partial charge in [0.25, 0.3) is 0 Å². The van der Waals surface area contributed by atoms with E-state index in [0.717, 1.165) is 16.7 Å². The van der Waals surface area contributed by atoms with Crippen LogP contribution in [0.2, 0.25) is 0 Å². The van der Waals surface area contributed by atoms with E-state index in [1.165, 1.54) is 0 Å². The highest BCUT2D eigenvalue weighted by atomic mass is 16.6. The molecule has 4 rings (SSSR count). The Bertz CT molecular complexity index is 916. The Hall–Kier alpha value is -2.50. The van der Waals surface area contributed by atoms with Crippen LogP contribution in [-0.4, -0.2) is 35.6 Å². The van der Waals surface area contributed by atoms with Gasteiger partial charge in [0.1, 0.15) is 17.8 Å². The van der Waals surface area contributed by atoms with Crippen LogP contribution in [0.4, 0.5) is 0 Å². The number of ether oxygens (including phenoxy) is 3. The Morgan fingerprint density at radius 2 is 1.26 bits per heavy atom. The monoisotopic (exact) mass is 418 g/mol. The molecule has 0 aromatic heterocycles. The Labute approximate surface area is 184 Å². The zero-order chi connectivity index (χ0) is 21.5. The molecule has 0 radical (unpaired) electrons. The van der Waals surface area contributed by atoms with Crippen LogP contribution >= 0.6 is 0 Å². The molecule has 4 atom stereocenters. The van der Waals surface area contributed by atoms with E-state index in [2.05, 4.69) is 0 Å². The first-order chi connectivity index (χ1) is 15.1. The van der Waals surface area contributed by atoms with Crippen LogP contribution in [0.25, 0.3) is 0 Å². The molecule has 0 saturated carbocycles. The fraction of sp³-hybridized carbons (Fsp3) is 0.333. The maximum absolute atomic E-state index is 11.9. The molecular formula is C27H30O4. The molecule has 1 aliphatic rings. The third-order valence-electron chi connectivity index (χ3n) is 5.95. The van der Waals surface area contributed by atoms with E-state index in [0.29, 0.717) is 26.2 Å². The van der Waals surface area contributed by atoms with Crippen LogP contribution in [0, 0.1) is 0 Å². The van der Waals surface area contributed by atoms with Crippen LogP contribution in [0.1, 0.15) is 23.6 Å². The largest absolute Gasteiger partial charge is 0.384 e. The van der Waals surface area contributed by atoms with E-state index in [-0.39, 0.29) is 12.2 Å². The topological polar surface area (TPSA) is 47.9 Å². The summed E-state index contributed by atoms with van der Waals surface area (Å²) in [7, 11) is 0. The third-order valence-corrected chi connectivity index (χ3v) is 5.95. The van der Waals surface area contributed by atoms with Gasteiger partial charge in [0, 0.05) is 6.42 Å². The Morgan fingerprint density at radius 1 is 0.774 bits per heavy atom. The van der Waals surface area contributed by atoms with Gasteiger partial charge in [-0.25, -0.2) is 0 Å². The molecule has 1 fully saturated rings. The first-order valence-electron chi connectivity index (χ1n) is 10.8. The maximum atomic E-state index is 11.9. The van der Waals surface area contributed by atoms with E-state index in [1.807, 2.05) is 97.9 Å². The molecule has 1 N–H and O–H groups in total. The molecule has 3 aromatic carbocycles. The van der Waals surface area contributed by atoms with E-state index >= 15 is 0 Å². The molecular weight excluding hydrogens is 388 g/mol. The van der Waals surface area contributed by atoms with Crippen molar-refractivity contribution in [3.63, 3.8) is 0 Å². The molecule has 0 amide bonds. The predicted molar refractivity (Wildman–Crippen MR) is 121 cm³/mol. The molecule has 3 aromatic rings. The Balaban J connectivity index is 1.56. The first-order valence-corrected chi connectivity index (χ1v) is 10.8. The van der Waals surface area contributed by atoms with Crippen molar-refractivity contribution in [3.8, 4) is 0 Å². The third kappa shape index (κ3) is 5.41. The van der Waals surface area contributed by atoms with Crippen molar-refractivity contribution in [2.24, 2.45) is 0 Å². The van der Waals surface area contributed by atoms with Gasteiger partial charge in [0.15, 0.2) is 0 Å². The fourth-order valence-electron chi connectivity index (χ4n) is 4.12. The lowest BCUT2D eigenvalue weighted by Gasteiger charge is -2.47. The second-order valence-corrected chi connectivity index (χ2v) is 8.18. The summed E-state index contributed by atoms with van der Waals surface area (Å²) in [5.41, 5.74) is 1.97. The average molecular weight is 419 g/mol. The molecule has 0 aliphatic carbocycles. The summed E-state index contributed by atoms with van der Waals surface area (Å²) in [5, 5.41) is 11.9. The summed E-state index contributed by atoms with van der Waals surface area (Å²) in [4.78, 5) is 0. The van der Waals surface area contributed by atoms with E-state index < -0.39 is 11.7 Å². The number of rotatable bonds is 8. The van der Waals surface area contributed by atoms with Crippen LogP contribution in [-0.2, 0) is 33.8 Å². The minimum absolute atomic E-state index is 0.380. The normalized spacial score (nSPS) is 25.9. The zero-order valence-electron chi connectivity index (χ0n) is 17.9. The van der Waals surface area contributed by atoms with Crippen molar-refractivity contribution in [3.05, 3.63) is 108 Å². The summed E-state index contributed by atoms with van der Waals surface area (Å²) in [5.74, 6) is 0. The highest BCUT2D eigenvalue weighted by molar-refractivity contribution is 5.20. The summed E-state index contributed by atoms with van der Waals surface area (Å²) in [6, 6.07) is 30.0. The van der Waals surface area contributed by atoms with Gasteiger partial charge in [-0.15, -0.1) is 0 Å². The maximum Gasteiger partial charge on any atom is 0.123 e. The van der Waals surface area contributed by atoms with Crippen molar-refractivity contribution in [2.75, 3.05) is 6.61 Å². The van der Waals surface area contributed by atoms with Gasteiger partial charge in [-0.05, 0) is 23.6 Å². The second-order valence-electron chi connectivity index (χ2n) is 8.18. The molecule has 0 bridgehead atoms. The van der Waals surface area contributed by atoms with Crippen LogP contribution < -0.4 is 0 Å². The number of benzene rings is 3. The zero-order valence-corrected chi connectivity index (χ0v) is 17.9. The second kappa shape index (κ2) is 10.2. The molecule has 1 aliphatic heterocycles. The predicted octanol–water partition coefficient (Wildman–Crippen LogP) is 4.55. The van der Waals surface area contributed by atoms with Crippen LogP contribution in [0.3, 0.4) is 0 Å². The van der Waals surface area contributed by atoms with Gasteiger partial charge in [0.2, 0.25) is 0 Å². The van der Waals surface area contributed by atoms with Crippen LogP contribution in [0.15, 0.2) is 91.0 Å². The molecule has 162 valence electrons. The van der Waals surface area contributed by atoms with Gasteiger partial charge in [-0.2, -0.15) is 0 Å². The van der Waals surface area contributed by atoms with Crippen molar-refractivity contribution < 1.29 is 19.3 Å². The molecule has 1 saturated heterocycles. The van der Waals surface area contributed by atoms with Crippen molar-refractivity contribution in [1.82, 2.24) is 0 Å². The SMILES string of the molecule is CC1OC[C@H](OCc2ccccc2)C(OCc2ccccc2)[C@@]1(O)Cc1ccccc1. The summed E-state index contributed by atoms with van der Waals surface area (Å²) in [6.45, 7) is 3.14. The lowest BCUT2D eigenvalue weighted by Crippen LogP contribution is -2.64. The van der Waals surface area contributed by atoms with Gasteiger partial charge in [-0.3, -0.25) is 0 Å². The smallest absolute Gasteiger partial charge is 0.123 e. The highest BCUT2D eigenvalue weighted by Gasteiger charge is 2.51. The summed E-state index contributed by atoms with van der Waals surface area (Å²) < 4.78 is 18.6. The fourth-order valence-corrected chi connectivity index (χ4v) is 4.12. The van der Waals surface area contributed by atoms with Gasteiger partial charge >= 0.3 is 0 Å². The standard InChI is InChI=1S/C27H30O4/c1-21-27(28,17-22-11-5-2-6-12-22)26(31-19-24-15-9-4-10-16-24)25(20-29-21)30-18-23-13-7-3-8-14-23/h2-16,21,25-26,28H,17-20H2,1H3/t21?,25-,26?,27+/m0/s1. The number of hydrogen-bond donors (Lipinski definition) is 1. The average Bonchev–Trinajstić information content (AvgIpc) is 2.81. The Kier molecular flexibility index (Phi) is 7.15. The lowest BCUT2D eigenvalue weighted by atomic mass is 9.80. The minimum Gasteiger partial charge on any atom is -0.384 e. The van der Waals surface area contributed by atoms with Gasteiger partial charge in [0.05, 0.1) is 25.9 Å². The molecule has 2 unspecified atom stereocenters. The van der Waals surface area contributed by atoms with Gasteiger partial charge < -0.3 is 19.3 Å². The quantitative estimate of drug-likeness (QED) is 0.583. The van der Waals surface area contributed by atoms with Crippen molar-refractivity contribution >= 4 is 0 Å². The molecule has 0 spiro atoms. The van der Waals surface area contributed by atoms with E-state index in [4.69, 9.17) is 14.2 Å². The Morgan fingerprint density at radius 3 is 1.81 bits per heavy atom. The van der Waals surface area contributed by atoms with Gasteiger partial charge in [-0.1, -0.05) is 91.0 Å². The number of aliphatic hydroxyl groups is 1. The summed E-state index contributed by atoms with van der Waals surface area (Å²) >= 11 is 0. The molecule has 4 heteroatoms. The van der Waals surface area contributed by atoms with Crippen molar-refractivity contribution in [1.29, 1.82) is 0 Å². The summed E-state index contributed by atoms with van der Waals surface area (Å²) in [6.07, 6.45) is -0.862. The van der Waals surface area contributed by atoms with Crippen molar-refractivity contribution in [2.45, 2.75) is 50.5 Å².